The van der Waals surface area contributed by atoms with Crippen LogP contribution in [-0.2, 0) is 14.9 Å². The zero-order chi connectivity index (χ0) is 15.6. The molecule has 21 heavy (non-hydrogen) atoms. The Balaban J connectivity index is 2.35. The van der Waals surface area contributed by atoms with Crippen LogP contribution in [0.4, 0.5) is 4.39 Å². The molecule has 0 saturated carbocycles. The van der Waals surface area contributed by atoms with Gasteiger partial charge in [-0.1, -0.05) is 5.16 Å². The van der Waals surface area contributed by atoms with Gasteiger partial charge in [0, 0.05) is 10.0 Å². The van der Waals surface area contributed by atoms with Crippen LogP contribution >= 0.6 is 15.9 Å². The smallest absolute Gasteiger partial charge is 0.321 e. The first kappa shape index (κ1) is 15.6. The van der Waals surface area contributed by atoms with E-state index in [1.54, 1.807) is 20.8 Å². The molecule has 1 aromatic heterocycles. The lowest BCUT2D eigenvalue weighted by molar-refractivity contribution is -0.149. The van der Waals surface area contributed by atoms with E-state index < -0.39 is 11.4 Å². The van der Waals surface area contributed by atoms with Gasteiger partial charge >= 0.3 is 5.97 Å². The summed E-state index contributed by atoms with van der Waals surface area (Å²) in [6.07, 6.45) is 0. The van der Waals surface area contributed by atoms with E-state index in [9.17, 15) is 9.18 Å². The molecule has 0 fully saturated rings. The molecule has 0 N–H and O–H groups in total. The first-order valence-corrected chi connectivity index (χ1v) is 7.12. The zero-order valence-electron chi connectivity index (χ0n) is 11.8. The summed E-state index contributed by atoms with van der Waals surface area (Å²) in [6, 6.07) is 4.14. The van der Waals surface area contributed by atoms with Crippen molar-refractivity contribution in [2.24, 2.45) is 0 Å². The number of halogens is 2. The Morgan fingerprint density at radius 3 is 2.81 bits per heavy atom. The Morgan fingerprint density at radius 1 is 1.48 bits per heavy atom. The first-order chi connectivity index (χ1) is 9.86. The number of esters is 1. The molecule has 0 spiro atoms. The highest BCUT2D eigenvalue weighted by molar-refractivity contribution is 9.10. The highest BCUT2D eigenvalue weighted by atomic mass is 79.9. The maximum atomic E-state index is 13.1. The molecule has 0 bridgehead atoms. The van der Waals surface area contributed by atoms with Gasteiger partial charge in [-0.05, 0) is 54.9 Å². The second-order valence-electron chi connectivity index (χ2n) is 4.89. The second kappa shape index (κ2) is 5.93. The summed E-state index contributed by atoms with van der Waals surface area (Å²) in [4.78, 5) is 16.1. The summed E-state index contributed by atoms with van der Waals surface area (Å²) in [5.41, 5.74) is -0.473. The van der Waals surface area contributed by atoms with Gasteiger partial charge in [0.25, 0.3) is 0 Å². The fraction of sp³-hybridized carbons (Fsp3) is 0.357. The Labute approximate surface area is 129 Å². The van der Waals surface area contributed by atoms with E-state index in [-0.39, 0.29) is 24.1 Å². The van der Waals surface area contributed by atoms with Crippen molar-refractivity contribution in [2.45, 2.75) is 26.2 Å². The van der Waals surface area contributed by atoms with Gasteiger partial charge in [0.05, 0.1) is 6.61 Å². The monoisotopic (exact) mass is 356 g/mol. The second-order valence-corrected chi connectivity index (χ2v) is 5.75. The number of carbonyl (C=O) groups is 1. The van der Waals surface area contributed by atoms with Gasteiger partial charge in [0.1, 0.15) is 11.2 Å². The largest absolute Gasteiger partial charge is 0.465 e. The quantitative estimate of drug-likeness (QED) is 0.784. The Kier molecular flexibility index (Phi) is 4.41. The summed E-state index contributed by atoms with van der Waals surface area (Å²) in [7, 11) is 0. The molecule has 0 aliphatic carbocycles. The van der Waals surface area contributed by atoms with Crippen LogP contribution in [0.5, 0.6) is 0 Å². The molecule has 112 valence electrons. The van der Waals surface area contributed by atoms with Crippen LogP contribution in [-0.4, -0.2) is 22.7 Å². The molecule has 5 nitrogen and oxygen atoms in total. The van der Waals surface area contributed by atoms with E-state index in [0.29, 0.717) is 10.0 Å². The number of benzene rings is 1. The van der Waals surface area contributed by atoms with Crippen LogP contribution in [0.25, 0.3) is 11.4 Å². The predicted molar refractivity (Wildman–Crippen MR) is 77.1 cm³/mol. The number of rotatable bonds is 4. The molecular formula is C14H14BrFN2O3. The Morgan fingerprint density at radius 2 is 2.19 bits per heavy atom. The fourth-order valence-corrected chi connectivity index (χ4v) is 2.18. The lowest BCUT2D eigenvalue weighted by atomic mass is 9.94. The first-order valence-electron chi connectivity index (χ1n) is 6.33. The SMILES string of the molecule is CCOC(=O)C(C)(C)c1nc(-c2ccc(F)cc2Br)no1. The van der Waals surface area contributed by atoms with Gasteiger partial charge in [0.2, 0.25) is 11.7 Å². The standard InChI is InChI=1S/C14H14BrFN2O3/c1-4-20-13(19)14(2,3)12-17-11(18-21-12)9-6-5-8(16)7-10(9)15/h5-7H,4H2,1-3H3. The molecule has 0 atom stereocenters. The molecular weight excluding hydrogens is 343 g/mol. The maximum absolute atomic E-state index is 13.1. The van der Waals surface area contributed by atoms with Crippen molar-refractivity contribution in [2.75, 3.05) is 6.61 Å². The molecule has 0 aliphatic heterocycles. The zero-order valence-corrected chi connectivity index (χ0v) is 13.4. The van der Waals surface area contributed by atoms with E-state index in [1.807, 2.05) is 0 Å². The van der Waals surface area contributed by atoms with Gasteiger partial charge < -0.3 is 9.26 Å². The number of carbonyl (C=O) groups excluding carboxylic acids is 1. The van der Waals surface area contributed by atoms with Gasteiger partial charge in [-0.25, -0.2) is 4.39 Å². The van der Waals surface area contributed by atoms with E-state index >= 15 is 0 Å². The summed E-state index contributed by atoms with van der Waals surface area (Å²) in [5.74, 6) is -0.402. The minimum Gasteiger partial charge on any atom is -0.465 e. The van der Waals surface area contributed by atoms with E-state index in [0.717, 1.165) is 0 Å². The third-order valence-corrected chi connectivity index (χ3v) is 3.57. The summed E-state index contributed by atoms with van der Waals surface area (Å²) < 4.78 is 23.7. The van der Waals surface area contributed by atoms with Crippen molar-refractivity contribution < 1.29 is 18.4 Å². The van der Waals surface area contributed by atoms with Crippen molar-refractivity contribution >= 4 is 21.9 Å². The van der Waals surface area contributed by atoms with E-state index in [2.05, 4.69) is 26.1 Å². The molecule has 1 heterocycles. The fourth-order valence-electron chi connectivity index (χ4n) is 1.66. The van der Waals surface area contributed by atoms with Gasteiger partial charge in [-0.3, -0.25) is 4.79 Å². The molecule has 2 rings (SSSR count). The number of hydrogen-bond donors (Lipinski definition) is 0. The normalized spacial score (nSPS) is 11.5. The molecule has 0 amide bonds. The van der Waals surface area contributed by atoms with Crippen LogP contribution < -0.4 is 0 Å². The van der Waals surface area contributed by atoms with Gasteiger partial charge in [0.15, 0.2) is 0 Å². The summed E-state index contributed by atoms with van der Waals surface area (Å²) in [5, 5.41) is 3.84. The number of aromatic nitrogens is 2. The molecule has 0 unspecified atom stereocenters. The van der Waals surface area contributed by atoms with Crippen molar-refractivity contribution in [3.8, 4) is 11.4 Å². The summed E-state index contributed by atoms with van der Waals surface area (Å²) in [6.45, 7) is 5.28. The molecule has 0 radical (unpaired) electrons. The lowest BCUT2D eigenvalue weighted by Gasteiger charge is -2.16. The highest BCUT2D eigenvalue weighted by Crippen LogP contribution is 2.30. The van der Waals surface area contributed by atoms with Crippen molar-refractivity contribution in [1.29, 1.82) is 0 Å². The molecule has 1 aromatic carbocycles. The van der Waals surface area contributed by atoms with Crippen LogP contribution in [0, 0.1) is 5.82 Å². The Bertz CT molecular complexity index is 670. The summed E-state index contributed by atoms with van der Waals surface area (Å²) >= 11 is 3.24. The molecule has 0 saturated heterocycles. The van der Waals surface area contributed by atoms with Crippen LogP contribution in [0.15, 0.2) is 27.2 Å². The van der Waals surface area contributed by atoms with Gasteiger partial charge in [-0.15, -0.1) is 0 Å². The lowest BCUT2D eigenvalue weighted by Crippen LogP contribution is -2.31. The third-order valence-electron chi connectivity index (χ3n) is 2.92. The van der Waals surface area contributed by atoms with Gasteiger partial charge in [-0.2, -0.15) is 4.98 Å². The van der Waals surface area contributed by atoms with Crippen molar-refractivity contribution in [3.05, 3.63) is 34.4 Å². The van der Waals surface area contributed by atoms with Crippen molar-refractivity contribution in [3.63, 3.8) is 0 Å². The molecule has 0 aliphatic rings. The Hall–Kier alpha value is -1.76. The average Bonchev–Trinajstić information content (AvgIpc) is 2.89. The number of ether oxygens (including phenoxy) is 1. The van der Waals surface area contributed by atoms with Crippen LogP contribution in [0.1, 0.15) is 26.7 Å². The van der Waals surface area contributed by atoms with E-state index in [1.165, 1.54) is 18.2 Å². The van der Waals surface area contributed by atoms with E-state index in [4.69, 9.17) is 9.26 Å². The van der Waals surface area contributed by atoms with Crippen LogP contribution in [0.2, 0.25) is 0 Å². The highest BCUT2D eigenvalue weighted by Gasteiger charge is 2.37. The maximum Gasteiger partial charge on any atom is 0.321 e. The number of nitrogens with zero attached hydrogens (tertiary/aromatic N) is 2. The average molecular weight is 357 g/mol. The minimum atomic E-state index is -1.05. The minimum absolute atomic E-state index is 0.146. The number of hydrogen-bond acceptors (Lipinski definition) is 5. The molecule has 2 aromatic rings. The van der Waals surface area contributed by atoms with Crippen LogP contribution in [0.3, 0.4) is 0 Å². The topological polar surface area (TPSA) is 65.2 Å². The third kappa shape index (κ3) is 3.12. The predicted octanol–water partition coefficient (Wildman–Crippen LogP) is 3.48. The van der Waals surface area contributed by atoms with Crippen molar-refractivity contribution in [1.82, 2.24) is 10.1 Å². The molecule has 7 heteroatoms.